The summed E-state index contributed by atoms with van der Waals surface area (Å²) < 4.78 is 0. The van der Waals surface area contributed by atoms with E-state index in [1.165, 1.54) is 10.4 Å². The first-order chi connectivity index (χ1) is 16.0. The highest BCUT2D eigenvalue weighted by molar-refractivity contribution is 7.16. The summed E-state index contributed by atoms with van der Waals surface area (Å²) in [6.45, 7) is 6.25. The molecule has 164 valence electrons. The van der Waals surface area contributed by atoms with Crippen LogP contribution in [0.25, 0.3) is 22.2 Å². The van der Waals surface area contributed by atoms with E-state index in [-0.39, 0.29) is 5.91 Å². The number of aromatic nitrogens is 1. The highest BCUT2D eigenvalue weighted by atomic mass is 32.1. The molecule has 1 N–H and O–H groups in total. The zero-order valence-electron chi connectivity index (χ0n) is 19.0. The monoisotopic (exact) mass is 451 g/mol. The molecule has 1 unspecified atom stereocenters. The molecule has 0 bridgehead atoms. The second kappa shape index (κ2) is 8.46. The smallest absolute Gasteiger partial charge is 0.257 e. The predicted octanol–water partition coefficient (Wildman–Crippen LogP) is 6.83. The van der Waals surface area contributed by atoms with Crippen molar-refractivity contribution in [3.8, 4) is 17.3 Å². The van der Waals surface area contributed by atoms with Gasteiger partial charge in [0.05, 0.1) is 22.3 Å². The largest absolute Gasteiger partial charge is 0.312 e. The van der Waals surface area contributed by atoms with Gasteiger partial charge in [-0.2, -0.15) is 5.26 Å². The number of nitrogens with one attached hydrogen (secondary N) is 1. The van der Waals surface area contributed by atoms with E-state index < -0.39 is 0 Å². The molecule has 4 nitrogen and oxygen atoms in total. The van der Waals surface area contributed by atoms with E-state index in [0.29, 0.717) is 22.0 Å². The Labute approximate surface area is 197 Å². The van der Waals surface area contributed by atoms with E-state index in [0.717, 1.165) is 52.5 Å². The number of nitriles is 1. The topological polar surface area (TPSA) is 65.8 Å². The number of nitrogens with zero attached hydrogens (tertiary/aromatic N) is 2. The molecule has 4 aromatic rings. The Hall–Kier alpha value is -3.49. The first-order valence-electron chi connectivity index (χ1n) is 11.3. The van der Waals surface area contributed by atoms with Crippen molar-refractivity contribution < 1.29 is 4.79 Å². The summed E-state index contributed by atoms with van der Waals surface area (Å²) in [6.07, 6.45) is 2.96. The maximum absolute atomic E-state index is 13.7. The molecule has 1 aliphatic rings. The third kappa shape index (κ3) is 3.81. The molecule has 5 rings (SSSR count). The summed E-state index contributed by atoms with van der Waals surface area (Å²) in [5, 5.41) is 14.4. The van der Waals surface area contributed by atoms with Gasteiger partial charge in [0.25, 0.3) is 5.91 Å². The number of thiophene rings is 1. The van der Waals surface area contributed by atoms with Gasteiger partial charge in [-0.05, 0) is 56.2 Å². The summed E-state index contributed by atoms with van der Waals surface area (Å²) in [4.78, 5) is 19.8. The Balaban J connectivity index is 1.62. The number of hydrogen-bond donors (Lipinski definition) is 1. The fourth-order valence-corrected chi connectivity index (χ4v) is 6.07. The molecular formula is C28H25N3OS. The molecule has 1 amide bonds. The fourth-order valence-electron chi connectivity index (χ4n) is 4.72. The van der Waals surface area contributed by atoms with Crippen LogP contribution in [0, 0.1) is 31.1 Å². The molecule has 0 saturated carbocycles. The minimum atomic E-state index is -0.192. The zero-order valence-corrected chi connectivity index (χ0v) is 19.8. The Morgan fingerprint density at radius 2 is 1.91 bits per heavy atom. The van der Waals surface area contributed by atoms with Crippen LogP contribution in [0.1, 0.15) is 50.8 Å². The Morgan fingerprint density at radius 3 is 2.67 bits per heavy atom. The van der Waals surface area contributed by atoms with Gasteiger partial charge >= 0.3 is 0 Å². The highest BCUT2D eigenvalue weighted by Gasteiger charge is 2.26. The maximum Gasteiger partial charge on any atom is 0.257 e. The zero-order chi connectivity index (χ0) is 23.1. The molecule has 0 radical (unpaired) electrons. The average molecular weight is 452 g/mol. The predicted molar refractivity (Wildman–Crippen MR) is 135 cm³/mol. The quantitative estimate of drug-likeness (QED) is 0.371. The molecule has 2 heterocycles. The number of pyridine rings is 1. The first kappa shape index (κ1) is 21.4. The first-order valence-corrected chi connectivity index (χ1v) is 12.1. The van der Waals surface area contributed by atoms with E-state index in [1.807, 2.05) is 43.3 Å². The van der Waals surface area contributed by atoms with Crippen molar-refractivity contribution in [2.75, 3.05) is 5.32 Å². The number of anilines is 1. The van der Waals surface area contributed by atoms with Gasteiger partial charge in [0, 0.05) is 15.8 Å². The summed E-state index contributed by atoms with van der Waals surface area (Å²) in [7, 11) is 0. The van der Waals surface area contributed by atoms with E-state index in [1.54, 1.807) is 11.3 Å². The molecule has 0 saturated heterocycles. The van der Waals surface area contributed by atoms with E-state index in [4.69, 9.17) is 4.98 Å². The Kier molecular flexibility index (Phi) is 5.47. The van der Waals surface area contributed by atoms with Crippen LogP contribution in [0.2, 0.25) is 0 Å². The van der Waals surface area contributed by atoms with Gasteiger partial charge in [0.2, 0.25) is 0 Å². The third-order valence-corrected chi connectivity index (χ3v) is 7.71. The van der Waals surface area contributed by atoms with Gasteiger partial charge in [0.15, 0.2) is 0 Å². The van der Waals surface area contributed by atoms with E-state index in [2.05, 4.69) is 37.4 Å². The normalized spacial score (nSPS) is 15.2. The number of carbonyl (C=O) groups is 1. The maximum atomic E-state index is 13.7. The average Bonchev–Trinajstić information content (AvgIpc) is 3.14. The molecule has 33 heavy (non-hydrogen) atoms. The van der Waals surface area contributed by atoms with Crippen LogP contribution in [0.3, 0.4) is 0 Å². The highest BCUT2D eigenvalue weighted by Crippen LogP contribution is 2.40. The van der Waals surface area contributed by atoms with Crippen molar-refractivity contribution in [1.82, 2.24) is 4.98 Å². The lowest BCUT2D eigenvalue weighted by Crippen LogP contribution is -2.15. The summed E-state index contributed by atoms with van der Waals surface area (Å²) in [5.41, 5.74) is 6.94. The third-order valence-electron chi connectivity index (χ3n) is 6.54. The van der Waals surface area contributed by atoms with Gasteiger partial charge in [-0.15, -0.1) is 11.3 Å². The van der Waals surface area contributed by atoms with Crippen molar-refractivity contribution in [2.24, 2.45) is 5.92 Å². The van der Waals surface area contributed by atoms with Crippen molar-refractivity contribution in [1.29, 1.82) is 5.26 Å². The molecule has 0 fully saturated rings. The standard InChI is InChI=1S/C28H25N3OS/c1-16-8-11-19(12-9-16)26-18(3)25(21-6-4-5-7-23(21)30-26)27(32)31-28-22(15-29)20-13-10-17(2)14-24(20)33-28/h4-9,11-12,17H,10,13-14H2,1-3H3,(H,31,32). The van der Waals surface area contributed by atoms with E-state index >= 15 is 0 Å². The number of fused-ring (bicyclic) bond motifs is 2. The summed E-state index contributed by atoms with van der Waals surface area (Å²) >= 11 is 1.56. The number of amides is 1. The van der Waals surface area contributed by atoms with Crippen molar-refractivity contribution in [3.05, 3.63) is 81.2 Å². The number of rotatable bonds is 3. The van der Waals surface area contributed by atoms with Crippen LogP contribution in [0.5, 0.6) is 0 Å². The van der Waals surface area contributed by atoms with E-state index in [9.17, 15) is 10.1 Å². The van der Waals surface area contributed by atoms with Crippen LogP contribution in [0.15, 0.2) is 48.5 Å². The van der Waals surface area contributed by atoms with Crippen LogP contribution in [-0.2, 0) is 12.8 Å². The molecular weight excluding hydrogens is 426 g/mol. The van der Waals surface area contributed by atoms with Crippen molar-refractivity contribution >= 4 is 33.1 Å². The fraction of sp³-hybridized carbons (Fsp3) is 0.250. The second-order valence-electron chi connectivity index (χ2n) is 8.97. The van der Waals surface area contributed by atoms with Crippen LogP contribution in [0.4, 0.5) is 5.00 Å². The van der Waals surface area contributed by atoms with Gasteiger partial charge < -0.3 is 5.32 Å². The van der Waals surface area contributed by atoms with Gasteiger partial charge in [-0.3, -0.25) is 4.79 Å². The van der Waals surface area contributed by atoms with Gasteiger partial charge in [0.1, 0.15) is 11.1 Å². The van der Waals surface area contributed by atoms with Gasteiger partial charge in [-0.1, -0.05) is 55.0 Å². The Bertz CT molecular complexity index is 1430. The molecule has 2 aromatic heterocycles. The number of hydrogen-bond acceptors (Lipinski definition) is 4. The SMILES string of the molecule is Cc1ccc(-c2nc3ccccc3c(C(=O)Nc3sc4c(c3C#N)CCC(C)C4)c2C)cc1. The number of aryl methyl sites for hydroxylation is 1. The minimum Gasteiger partial charge on any atom is -0.312 e. The van der Waals surface area contributed by atoms with Crippen LogP contribution < -0.4 is 5.32 Å². The summed E-state index contributed by atoms with van der Waals surface area (Å²) in [5.74, 6) is 0.414. The molecule has 2 aromatic carbocycles. The molecule has 0 spiro atoms. The molecule has 1 aliphatic carbocycles. The lowest BCUT2D eigenvalue weighted by molar-refractivity contribution is 0.102. The Morgan fingerprint density at radius 1 is 1.15 bits per heavy atom. The number of benzene rings is 2. The number of para-hydroxylation sites is 1. The lowest BCUT2D eigenvalue weighted by atomic mass is 9.88. The van der Waals surface area contributed by atoms with Crippen molar-refractivity contribution in [2.45, 2.75) is 40.0 Å². The minimum absolute atomic E-state index is 0.192. The second-order valence-corrected chi connectivity index (χ2v) is 10.1. The lowest BCUT2D eigenvalue weighted by Gasteiger charge is -2.17. The van der Waals surface area contributed by atoms with Gasteiger partial charge in [-0.25, -0.2) is 4.98 Å². The molecule has 5 heteroatoms. The van der Waals surface area contributed by atoms with Crippen LogP contribution in [-0.4, -0.2) is 10.9 Å². The molecule has 1 atom stereocenters. The molecule has 0 aliphatic heterocycles. The summed E-state index contributed by atoms with van der Waals surface area (Å²) in [6, 6.07) is 18.3. The van der Waals surface area contributed by atoms with Crippen LogP contribution >= 0.6 is 11.3 Å². The number of carbonyl (C=O) groups excluding carboxylic acids is 1. The van der Waals surface area contributed by atoms with Crippen molar-refractivity contribution in [3.63, 3.8) is 0 Å².